The van der Waals surface area contributed by atoms with Crippen LogP contribution in [-0.4, -0.2) is 53.7 Å². The minimum atomic E-state index is -0.982. The van der Waals surface area contributed by atoms with Crippen LogP contribution in [0.1, 0.15) is 24.2 Å². The van der Waals surface area contributed by atoms with E-state index in [4.69, 9.17) is 5.73 Å². The Balaban J connectivity index is 0.00000324. The lowest BCUT2D eigenvalue weighted by Crippen LogP contribution is -2.44. The van der Waals surface area contributed by atoms with Crippen molar-refractivity contribution < 1.29 is 14.3 Å². The largest absolute Gasteiger partial charge is 0.506 e. The molecule has 7 nitrogen and oxygen atoms in total. The summed E-state index contributed by atoms with van der Waals surface area (Å²) in [6, 6.07) is 10.1. The molecular weight excluding hydrogens is 459 g/mol. The van der Waals surface area contributed by atoms with Gasteiger partial charge >= 0.3 is 0 Å². The van der Waals surface area contributed by atoms with Crippen LogP contribution >= 0.6 is 12.4 Å². The molecule has 1 amide bonds. The second-order valence-electron chi connectivity index (χ2n) is 9.05. The lowest BCUT2D eigenvalue weighted by Gasteiger charge is -2.34. The molecule has 0 unspecified atom stereocenters. The molecule has 0 spiro atoms. The number of amides is 1. The number of carbonyl (C=O) groups excluding carboxylic acids is 1. The zero-order chi connectivity index (χ0) is 23.9. The van der Waals surface area contributed by atoms with Crippen LogP contribution in [0.2, 0.25) is 0 Å². The van der Waals surface area contributed by atoms with Gasteiger partial charge in [-0.1, -0.05) is 32.0 Å². The molecular formula is C25H30ClFN4O3. The van der Waals surface area contributed by atoms with Gasteiger partial charge < -0.3 is 25.2 Å². The number of rotatable bonds is 5. The van der Waals surface area contributed by atoms with E-state index in [0.717, 1.165) is 13.1 Å². The van der Waals surface area contributed by atoms with Crippen LogP contribution in [0.15, 0.2) is 41.2 Å². The van der Waals surface area contributed by atoms with Crippen LogP contribution in [0.5, 0.6) is 5.75 Å². The molecule has 1 fully saturated rings. The van der Waals surface area contributed by atoms with E-state index < -0.39 is 22.8 Å². The van der Waals surface area contributed by atoms with Gasteiger partial charge in [0, 0.05) is 38.1 Å². The van der Waals surface area contributed by atoms with Gasteiger partial charge in [0.15, 0.2) is 0 Å². The van der Waals surface area contributed by atoms with Crippen molar-refractivity contribution in [2.45, 2.75) is 20.4 Å². The number of benzene rings is 2. The van der Waals surface area contributed by atoms with E-state index in [1.807, 2.05) is 25.8 Å². The molecule has 3 aromatic rings. The maximum atomic E-state index is 14.8. The third-order valence-corrected chi connectivity index (χ3v) is 6.16. The summed E-state index contributed by atoms with van der Waals surface area (Å²) in [7, 11) is 2.04. The fraction of sp³-hybridized carbons (Fsp3) is 0.360. The second kappa shape index (κ2) is 10.0. The number of likely N-dealkylation sites (N-methyl/N-ethyl adjacent to an activating group) is 1. The standard InChI is InChI=1S/C25H29FN4O3.ClH/c1-15(2)14-30-19-6-4-5-17(21(19)23(31)22(24(27)32)25(30)33)16-7-8-18(26)20(13-16)29-11-9-28(3)10-12-29;/h4-8,13,15,31H,9-12,14H2,1-3H3,(H2,27,32);1H. The molecule has 1 aromatic heterocycles. The van der Waals surface area contributed by atoms with Crippen molar-refractivity contribution in [2.24, 2.45) is 11.7 Å². The summed E-state index contributed by atoms with van der Waals surface area (Å²) in [6.45, 7) is 7.36. The van der Waals surface area contributed by atoms with Gasteiger partial charge in [-0.15, -0.1) is 12.4 Å². The highest BCUT2D eigenvalue weighted by atomic mass is 35.5. The molecule has 0 atom stereocenters. The number of anilines is 1. The number of hydrogen-bond donors (Lipinski definition) is 2. The lowest BCUT2D eigenvalue weighted by molar-refractivity contribution is 0.0996. The Morgan fingerprint density at radius 2 is 1.82 bits per heavy atom. The fourth-order valence-electron chi connectivity index (χ4n) is 4.46. The van der Waals surface area contributed by atoms with Crippen molar-refractivity contribution >= 4 is 34.9 Å². The summed E-state index contributed by atoms with van der Waals surface area (Å²) in [4.78, 5) is 29.3. The first-order valence-electron chi connectivity index (χ1n) is 11.1. The number of halogens is 2. The van der Waals surface area contributed by atoms with E-state index in [9.17, 15) is 19.1 Å². The van der Waals surface area contributed by atoms with Gasteiger partial charge in [-0.3, -0.25) is 9.59 Å². The Morgan fingerprint density at radius 3 is 2.44 bits per heavy atom. The first-order valence-corrected chi connectivity index (χ1v) is 11.1. The Kier molecular flexibility index (Phi) is 7.53. The Labute approximate surface area is 204 Å². The summed E-state index contributed by atoms with van der Waals surface area (Å²) in [5, 5.41) is 11.3. The Bertz CT molecular complexity index is 1280. The molecule has 2 aromatic carbocycles. The van der Waals surface area contributed by atoms with Crippen LogP contribution in [0.25, 0.3) is 22.0 Å². The van der Waals surface area contributed by atoms with E-state index in [-0.39, 0.29) is 24.1 Å². The highest BCUT2D eigenvalue weighted by Crippen LogP contribution is 2.37. The summed E-state index contributed by atoms with van der Waals surface area (Å²) >= 11 is 0. The lowest BCUT2D eigenvalue weighted by atomic mass is 9.97. The van der Waals surface area contributed by atoms with Gasteiger partial charge in [0.1, 0.15) is 17.1 Å². The molecule has 0 aliphatic carbocycles. The number of nitrogens with two attached hydrogens (primary N) is 1. The van der Waals surface area contributed by atoms with Crippen LogP contribution in [0.4, 0.5) is 10.1 Å². The summed E-state index contributed by atoms with van der Waals surface area (Å²) in [6.07, 6.45) is 0. The third-order valence-electron chi connectivity index (χ3n) is 6.16. The van der Waals surface area contributed by atoms with Gasteiger partial charge in [0.25, 0.3) is 11.5 Å². The number of hydrogen-bond acceptors (Lipinski definition) is 5. The molecule has 0 bridgehead atoms. The van der Waals surface area contributed by atoms with Crippen molar-refractivity contribution in [1.29, 1.82) is 0 Å². The maximum Gasteiger partial charge on any atom is 0.267 e. The number of primary amides is 1. The van der Waals surface area contributed by atoms with E-state index in [1.165, 1.54) is 10.6 Å². The van der Waals surface area contributed by atoms with Gasteiger partial charge in [0.2, 0.25) is 0 Å². The molecule has 0 saturated carbocycles. The summed E-state index contributed by atoms with van der Waals surface area (Å²) in [5.41, 5.74) is 6.69. The third kappa shape index (κ3) is 4.60. The fourth-order valence-corrected chi connectivity index (χ4v) is 4.46. The number of piperazine rings is 1. The highest BCUT2D eigenvalue weighted by Gasteiger charge is 2.24. The predicted molar refractivity (Wildman–Crippen MR) is 136 cm³/mol. The van der Waals surface area contributed by atoms with Crippen LogP contribution in [-0.2, 0) is 6.54 Å². The average molecular weight is 489 g/mol. The van der Waals surface area contributed by atoms with E-state index in [0.29, 0.717) is 47.4 Å². The van der Waals surface area contributed by atoms with Crippen molar-refractivity contribution in [3.8, 4) is 16.9 Å². The second-order valence-corrected chi connectivity index (χ2v) is 9.05. The van der Waals surface area contributed by atoms with Gasteiger partial charge in [-0.05, 0) is 42.3 Å². The molecule has 3 N–H and O–H groups in total. The van der Waals surface area contributed by atoms with Crippen molar-refractivity contribution in [3.05, 3.63) is 58.1 Å². The van der Waals surface area contributed by atoms with Crippen molar-refractivity contribution in [2.75, 3.05) is 38.1 Å². The summed E-state index contributed by atoms with van der Waals surface area (Å²) in [5.74, 6) is -1.62. The highest BCUT2D eigenvalue weighted by molar-refractivity contribution is 6.06. The van der Waals surface area contributed by atoms with Gasteiger partial charge in [-0.2, -0.15) is 0 Å². The number of nitrogens with zero attached hydrogens (tertiary/aromatic N) is 3. The van der Waals surface area contributed by atoms with Gasteiger partial charge in [-0.25, -0.2) is 4.39 Å². The van der Waals surface area contributed by atoms with Crippen molar-refractivity contribution in [1.82, 2.24) is 9.47 Å². The average Bonchev–Trinajstić information content (AvgIpc) is 2.77. The first-order chi connectivity index (χ1) is 15.7. The molecule has 4 rings (SSSR count). The zero-order valence-electron chi connectivity index (χ0n) is 19.5. The minimum absolute atomic E-state index is 0. The number of aromatic nitrogens is 1. The zero-order valence-corrected chi connectivity index (χ0v) is 20.4. The van der Waals surface area contributed by atoms with E-state index in [1.54, 1.807) is 30.3 Å². The molecule has 1 saturated heterocycles. The monoisotopic (exact) mass is 488 g/mol. The molecule has 34 heavy (non-hydrogen) atoms. The SMILES string of the molecule is CC(C)Cn1c(=O)c(C(N)=O)c(O)c2c(-c3ccc(F)c(N4CCN(C)CC4)c3)cccc21.Cl. The molecule has 0 radical (unpaired) electrons. The molecule has 2 heterocycles. The van der Waals surface area contributed by atoms with Gasteiger partial charge in [0.05, 0.1) is 11.2 Å². The van der Waals surface area contributed by atoms with Crippen molar-refractivity contribution in [3.63, 3.8) is 0 Å². The Morgan fingerprint density at radius 1 is 1.15 bits per heavy atom. The predicted octanol–water partition coefficient (Wildman–Crippen LogP) is 3.44. The van der Waals surface area contributed by atoms with Crippen LogP contribution in [0, 0.1) is 11.7 Å². The Hall–Kier alpha value is -3.10. The number of pyridine rings is 1. The quantitative estimate of drug-likeness (QED) is 0.574. The summed E-state index contributed by atoms with van der Waals surface area (Å²) < 4.78 is 16.3. The van der Waals surface area contributed by atoms with Crippen LogP contribution in [0.3, 0.4) is 0 Å². The number of fused-ring (bicyclic) bond motifs is 1. The molecule has 9 heteroatoms. The molecule has 1 aliphatic heterocycles. The first kappa shape index (κ1) is 25.5. The molecule has 182 valence electrons. The van der Waals surface area contributed by atoms with Crippen LogP contribution < -0.4 is 16.2 Å². The molecule has 1 aliphatic rings. The smallest absolute Gasteiger partial charge is 0.267 e. The minimum Gasteiger partial charge on any atom is -0.506 e. The normalized spacial score (nSPS) is 14.4. The topological polar surface area (TPSA) is 91.8 Å². The van der Waals surface area contributed by atoms with E-state index >= 15 is 0 Å². The maximum absolute atomic E-state index is 14.8. The number of carbonyl (C=O) groups is 1. The van der Waals surface area contributed by atoms with E-state index in [2.05, 4.69) is 4.90 Å². The number of aromatic hydroxyl groups is 1.